The summed E-state index contributed by atoms with van der Waals surface area (Å²) >= 11 is 0. The molecule has 0 saturated heterocycles. The summed E-state index contributed by atoms with van der Waals surface area (Å²) in [5.41, 5.74) is 0.247. The highest BCUT2D eigenvalue weighted by atomic mass is 16.6. The number of rotatable bonds is 7. The van der Waals surface area contributed by atoms with Gasteiger partial charge in [0.25, 0.3) is 0 Å². The van der Waals surface area contributed by atoms with Gasteiger partial charge in [-0.05, 0) is 33.6 Å². The number of hydrogen-bond acceptors (Lipinski definition) is 3. The molecular formula is C16H31NO3. The maximum absolute atomic E-state index is 12.3. The Morgan fingerprint density at radius 2 is 1.80 bits per heavy atom. The number of ether oxygens (including phenoxy) is 2. The van der Waals surface area contributed by atoms with Crippen LogP contribution in [0.25, 0.3) is 0 Å². The lowest BCUT2D eigenvalue weighted by Gasteiger charge is -2.32. The summed E-state index contributed by atoms with van der Waals surface area (Å²) in [5, 5.41) is 0. The molecule has 0 heterocycles. The van der Waals surface area contributed by atoms with Crippen LogP contribution in [-0.2, 0) is 9.47 Å². The van der Waals surface area contributed by atoms with Gasteiger partial charge in [0.15, 0.2) is 0 Å². The monoisotopic (exact) mass is 285 g/mol. The van der Waals surface area contributed by atoms with E-state index in [1.165, 1.54) is 0 Å². The van der Waals surface area contributed by atoms with Crippen molar-refractivity contribution in [2.45, 2.75) is 54.1 Å². The average Bonchev–Trinajstić information content (AvgIpc) is 2.29. The van der Waals surface area contributed by atoms with Crippen molar-refractivity contribution in [3.05, 3.63) is 12.3 Å². The number of carbonyl (C=O) groups excluding carboxylic acids is 1. The Hall–Kier alpha value is -1.03. The van der Waals surface area contributed by atoms with E-state index < -0.39 is 5.60 Å². The average molecular weight is 285 g/mol. The fraction of sp³-hybridized carbons (Fsp3) is 0.812. The summed E-state index contributed by atoms with van der Waals surface area (Å²) in [6.45, 7) is 19.6. The first-order valence-corrected chi connectivity index (χ1v) is 7.35. The number of nitrogens with zero attached hydrogens (tertiary/aromatic N) is 1. The second-order valence-corrected chi connectivity index (χ2v) is 6.54. The van der Waals surface area contributed by atoms with Crippen molar-refractivity contribution in [2.24, 2.45) is 11.8 Å². The van der Waals surface area contributed by atoms with Gasteiger partial charge in [-0.2, -0.15) is 0 Å². The highest BCUT2D eigenvalue weighted by Crippen LogP contribution is 2.20. The highest BCUT2D eigenvalue weighted by molar-refractivity contribution is 5.70. The topological polar surface area (TPSA) is 38.8 Å². The number of carbonyl (C=O) groups is 1. The summed E-state index contributed by atoms with van der Waals surface area (Å²) < 4.78 is 10.9. The molecule has 0 aromatic rings. The number of amides is 1. The maximum Gasteiger partial charge on any atom is 0.414 e. The van der Waals surface area contributed by atoms with E-state index in [-0.39, 0.29) is 12.0 Å². The zero-order valence-corrected chi connectivity index (χ0v) is 14.2. The molecule has 0 N–H and O–H groups in total. The van der Waals surface area contributed by atoms with Gasteiger partial charge in [0, 0.05) is 24.8 Å². The van der Waals surface area contributed by atoms with Crippen molar-refractivity contribution in [3.63, 3.8) is 0 Å². The van der Waals surface area contributed by atoms with Gasteiger partial charge in [-0.15, -0.1) is 0 Å². The summed E-state index contributed by atoms with van der Waals surface area (Å²) in [5.74, 6) is 0.430. The Balaban J connectivity index is 4.86. The van der Waals surface area contributed by atoms with Crippen molar-refractivity contribution >= 4 is 6.09 Å². The molecule has 0 radical (unpaired) electrons. The van der Waals surface area contributed by atoms with Crippen LogP contribution >= 0.6 is 0 Å². The second kappa shape index (κ2) is 8.30. The minimum Gasteiger partial charge on any atom is -0.443 e. The van der Waals surface area contributed by atoms with E-state index in [2.05, 4.69) is 20.4 Å². The first-order valence-electron chi connectivity index (χ1n) is 7.35. The summed E-state index contributed by atoms with van der Waals surface area (Å²) in [7, 11) is 0. The van der Waals surface area contributed by atoms with Crippen molar-refractivity contribution in [1.82, 2.24) is 4.90 Å². The van der Waals surface area contributed by atoms with Gasteiger partial charge < -0.3 is 9.47 Å². The van der Waals surface area contributed by atoms with Gasteiger partial charge in [0.1, 0.15) is 5.60 Å². The Kier molecular flexibility index (Phi) is 7.87. The molecule has 0 aliphatic heterocycles. The van der Waals surface area contributed by atoms with Crippen molar-refractivity contribution in [1.29, 1.82) is 0 Å². The first-order chi connectivity index (χ1) is 9.08. The highest BCUT2D eigenvalue weighted by Gasteiger charge is 2.26. The molecule has 4 nitrogen and oxygen atoms in total. The second-order valence-electron chi connectivity index (χ2n) is 6.54. The molecule has 0 fully saturated rings. The standard InChI is InChI=1S/C16H31NO3/c1-9-19-11-13(4)14(5)17(10-12(2)3)15(18)20-16(6,7)8/h12-13H,5,9-11H2,1-4,6-8H3. The molecular weight excluding hydrogens is 254 g/mol. The molecule has 118 valence electrons. The largest absolute Gasteiger partial charge is 0.443 e. The molecule has 0 aliphatic carbocycles. The Morgan fingerprint density at radius 3 is 2.20 bits per heavy atom. The third-order valence-electron chi connectivity index (χ3n) is 2.65. The zero-order chi connectivity index (χ0) is 15.9. The Labute approximate surface area is 124 Å². The normalized spacial score (nSPS) is 13.2. The molecule has 1 atom stereocenters. The van der Waals surface area contributed by atoms with E-state index in [1.54, 1.807) is 4.90 Å². The minimum absolute atomic E-state index is 0.0845. The SMILES string of the molecule is C=C(C(C)COCC)N(CC(C)C)C(=O)OC(C)(C)C. The fourth-order valence-corrected chi connectivity index (χ4v) is 1.65. The summed E-state index contributed by atoms with van der Waals surface area (Å²) in [4.78, 5) is 14.0. The van der Waals surface area contributed by atoms with Gasteiger partial charge >= 0.3 is 6.09 Å². The van der Waals surface area contributed by atoms with Gasteiger partial charge in [-0.25, -0.2) is 4.79 Å². The lowest BCUT2D eigenvalue weighted by molar-refractivity contribution is 0.0256. The van der Waals surface area contributed by atoms with E-state index in [4.69, 9.17) is 9.47 Å². The van der Waals surface area contributed by atoms with Crippen molar-refractivity contribution in [2.75, 3.05) is 19.8 Å². The summed E-state index contributed by atoms with van der Waals surface area (Å²) in [6.07, 6.45) is -0.334. The predicted octanol–water partition coefficient (Wildman–Crippen LogP) is 4.07. The molecule has 0 aliphatic rings. The molecule has 4 heteroatoms. The van der Waals surface area contributed by atoms with Gasteiger partial charge in [0.2, 0.25) is 0 Å². The zero-order valence-electron chi connectivity index (χ0n) is 14.2. The lowest BCUT2D eigenvalue weighted by atomic mass is 10.1. The molecule has 20 heavy (non-hydrogen) atoms. The van der Waals surface area contributed by atoms with Crippen LogP contribution < -0.4 is 0 Å². The number of hydrogen-bond donors (Lipinski definition) is 0. The van der Waals surface area contributed by atoms with Crippen LogP contribution in [-0.4, -0.2) is 36.4 Å². The van der Waals surface area contributed by atoms with Gasteiger partial charge in [-0.1, -0.05) is 27.4 Å². The van der Waals surface area contributed by atoms with Crippen molar-refractivity contribution < 1.29 is 14.3 Å². The molecule has 0 aromatic heterocycles. The molecule has 1 amide bonds. The molecule has 0 saturated carbocycles. The minimum atomic E-state index is -0.504. The van der Waals surface area contributed by atoms with Gasteiger partial charge in [-0.3, -0.25) is 4.90 Å². The lowest BCUT2D eigenvalue weighted by Crippen LogP contribution is -2.40. The maximum atomic E-state index is 12.3. The van der Waals surface area contributed by atoms with E-state index in [0.717, 1.165) is 5.70 Å². The van der Waals surface area contributed by atoms with Crippen LogP contribution in [0, 0.1) is 11.8 Å². The van der Waals surface area contributed by atoms with Crippen LogP contribution in [0.4, 0.5) is 4.79 Å². The first kappa shape index (κ1) is 19.0. The third-order valence-corrected chi connectivity index (χ3v) is 2.65. The molecule has 0 spiro atoms. The van der Waals surface area contributed by atoms with Crippen LogP contribution in [0.15, 0.2) is 12.3 Å². The Bertz CT molecular complexity index is 318. The van der Waals surface area contributed by atoms with E-state index in [9.17, 15) is 4.79 Å². The molecule has 0 bridgehead atoms. The van der Waals surface area contributed by atoms with Gasteiger partial charge in [0.05, 0.1) is 6.61 Å². The van der Waals surface area contributed by atoms with Crippen LogP contribution in [0.5, 0.6) is 0 Å². The van der Waals surface area contributed by atoms with E-state index in [0.29, 0.717) is 25.7 Å². The third kappa shape index (κ3) is 7.53. The van der Waals surface area contributed by atoms with E-state index in [1.807, 2.05) is 34.6 Å². The quantitative estimate of drug-likeness (QED) is 0.708. The molecule has 0 rings (SSSR count). The molecule has 1 unspecified atom stereocenters. The van der Waals surface area contributed by atoms with Crippen LogP contribution in [0.3, 0.4) is 0 Å². The Morgan fingerprint density at radius 1 is 1.25 bits per heavy atom. The summed E-state index contributed by atoms with van der Waals surface area (Å²) in [6, 6.07) is 0. The van der Waals surface area contributed by atoms with Crippen LogP contribution in [0.2, 0.25) is 0 Å². The van der Waals surface area contributed by atoms with Crippen LogP contribution in [0.1, 0.15) is 48.5 Å². The predicted molar refractivity (Wildman–Crippen MR) is 82.6 cm³/mol. The molecule has 0 aromatic carbocycles. The van der Waals surface area contributed by atoms with Crippen molar-refractivity contribution in [3.8, 4) is 0 Å². The smallest absolute Gasteiger partial charge is 0.414 e. The van der Waals surface area contributed by atoms with E-state index >= 15 is 0 Å². The fourth-order valence-electron chi connectivity index (χ4n) is 1.65.